The molecule has 1 aromatic rings. The van der Waals surface area contributed by atoms with E-state index in [1.165, 1.54) is 12.8 Å². The highest BCUT2D eigenvalue weighted by Gasteiger charge is 2.29. The van der Waals surface area contributed by atoms with Gasteiger partial charge in [-0.3, -0.25) is 4.79 Å². The van der Waals surface area contributed by atoms with E-state index in [-0.39, 0.29) is 11.9 Å². The highest BCUT2D eigenvalue weighted by molar-refractivity contribution is 5.77. The average molecular weight is 263 g/mol. The van der Waals surface area contributed by atoms with Crippen LogP contribution in [-0.4, -0.2) is 32.8 Å². The van der Waals surface area contributed by atoms with Crippen molar-refractivity contribution in [2.75, 3.05) is 0 Å². The van der Waals surface area contributed by atoms with Crippen LogP contribution in [0.5, 0.6) is 0 Å². The molecule has 1 amide bonds. The largest absolute Gasteiger partial charge is 0.352 e. The maximum absolute atomic E-state index is 11.3. The van der Waals surface area contributed by atoms with Gasteiger partial charge >= 0.3 is 0 Å². The van der Waals surface area contributed by atoms with Gasteiger partial charge in [0.1, 0.15) is 11.6 Å². The number of piperidine rings is 1. The molecule has 1 aromatic heterocycles. The normalized spacial score (nSPS) is 27.4. The van der Waals surface area contributed by atoms with E-state index >= 15 is 0 Å². The quantitative estimate of drug-likeness (QED) is 0.827. The number of rotatable bonds is 4. The Morgan fingerprint density at radius 2 is 2.16 bits per heavy atom. The molecule has 1 aliphatic carbocycles. The Morgan fingerprint density at radius 1 is 1.37 bits per heavy atom. The topological polar surface area (TPSA) is 71.8 Å². The lowest BCUT2D eigenvalue weighted by molar-refractivity contribution is -0.123. The van der Waals surface area contributed by atoms with Gasteiger partial charge < -0.3 is 15.2 Å². The zero-order chi connectivity index (χ0) is 13.4. The number of nitrogens with zero attached hydrogens (tertiary/aromatic N) is 3. The van der Waals surface area contributed by atoms with E-state index in [0.717, 1.165) is 18.1 Å². The van der Waals surface area contributed by atoms with Gasteiger partial charge in [-0.05, 0) is 26.2 Å². The third-order valence-electron chi connectivity index (χ3n) is 4.14. The Balaban J connectivity index is 1.58. The third-order valence-corrected chi connectivity index (χ3v) is 4.14. The molecule has 2 fully saturated rings. The van der Waals surface area contributed by atoms with Crippen molar-refractivity contribution in [2.45, 2.75) is 57.2 Å². The van der Waals surface area contributed by atoms with Gasteiger partial charge in [0.05, 0.1) is 6.54 Å². The molecule has 1 saturated carbocycles. The minimum atomic E-state index is 0.153. The minimum Gasteiger partial charge on any atom is -0.352 e. The van der Waals surface area contributed by atoms with Crippen LogP contribution in [0.15, 0.2) is 0 Å². The molecule has 2 unspecified atom stereocenters. The zero-order valence-electron chi connectivity index (χ0n) is 11.5. The van der Waals surface area contributed by atoms with Crippen molar-refractivity contribution in [2.24, 2.45) is 7.05 Å². The van der Waals surface area contributed by atoms with Crippen molar-refractivity contribution < 1.29 is 4.79 Å². The summed E-state index contributed by atoms with van der Waals surface area (Å²) in [7, 11) is 2.04. The highest BCUT2D eigenvalue weighted by Crippen LogP contribution is 2.38. The average Bonchev–Trinajstić information content (AvgIpc) is 3.14. The molecule has 1 saturated heterocycles. The lowest BCUT2D eigenvalue weighted by Gasteiger charge is -2.30. The summed E-state index contributed by atoms with van der Waals surface area (Å²) in [6.45, 7) is 2.75. The van der Waals surface area contributed by atoms with Crippen molar-refractivity contribution in [3.05, 3.63) is 11.6 Å². The van der Waals surface area contributed by atoms with Gasteiger partial charge in [0.25, 0.3) is 0 Å². The fraction of sp³-hybridized carbons (Fsp3) is 0.769. The molecule has 2 aliphatic rings. The summed E-state index contributed by atoms with van der Waals surface area (Å²) < 4.78 is 2.11. The first-order chi connectivity index (χ1) is 9.15. The maximum Gasteiger partial charge on any atom is 0.220 e. The van der Waals surface area contributed by atoms with Gasteiger partial charge in [-0.15, -0.1) is 10.2 Å². The van der Waals surface area contributed by atoms with Crippen molar-refractivity contribution in [3.8, 4) is 0 Å². The Labute approximate surface area is 113 Å². The number of amides is 1. The number of carbonyl (C=O) groups excluding carboxylic acids is 1. The van der Waals surface area contributed by atoms with Crippen molar-refractivity contribution in [1.29, 1.82) is 0 Å². The first-order valence-corrected chi connectivity index (χ1v) is 7.06. The van der Waals surface area contributed by atoms with E-state index in [2.05, 4.69) is 25.4 Å². The van der Waals surface area contributed by atoms with Gasteiger partial charge in [-0.25, -0.2) is 0 Å². The van der Waals surface area contributed by atoms with Crippen LogP contribution in [-0.2, 0) is 18.4 Å². The van der Waals surface area contributed by atoms with E-state index in [1.807, 2.05) is 14.0 Å². The van der Waals surface area contributed by atoms with E-state index in [0.29, 0.717) is 24.9 Å². The molecule has 104 valence electrons. The molecule has 0 aromatic carbocycles. The van der Waals surface area contributed by atoms with Crippen LogP contribution >= 0.6 is 0 Å². The monoisotopic (exact) mass is 263 g/mol. The summed E-state index contributed by atoms with van der Waals surface area (Å²) in [4.78, 5) is 11.3. The van der Waals surface area contributed by atoms with Crippen LogP contribution in [0.1, 0.15) is 50.2 Å². The minimum absolute atomic E-state index is 0.153. The SMILES string of the molecule is CC1NC(=O)CCC1NCc1nnc(C2CC2)n1C. The van der Waals surface area contributed by atoms with Crippen LogP contribution in [0.4, 0.5) is 0 Å². The van der Waals surface area contributed by atoms with Crippen LogP contribution < -0.4 is 10.6 Å². The molecule has 19 heavy (non-hydrogen) atoms. The summed E-state index contributed by atoms with van der Waals surface area (Å²) in [5.74, 6) is 2.87. The Bertz CT molecular complexity index is 479. The molecule has 6 nitrogen and oxygen atoms in total. The first kappa shape index (κ1) is 12.6. The van der Waals surface area contributed by atoms with E-state index in [9.17, 15) is 4.79 Å². The summed E-state index contributed by atoms with van der Waals surface area (Å²) >= 11 is 0. The number of carbonyl (C=O) groups is 1. The number of hydrogen-bond acceptors (Lipinski definition) is 4. The predicted molar refractivity (Wildman–Crippen MR) is 70.4 cm³/mol. The second-order valence-electron chi connectivity index (χ2n) is 5.69. The molecule has 0 radical (unpaired) electrons. The molecule has 2 heterocycles. The standard InChI is InChI=1S/C13H21N5O/c1-8-10(5-6-12(19)15-8)14-7-11-16-17-13(18(11)2)9-3-4-9/h8-10,14H,3-7H2,1-2H3,(H,15,19). The Kier molecular flexibility index (Phi) is 3.26. The summed E-state index contributed by atoms with van der Waals surface area (Å²) in [6, 6.07) is 0.496. The van der Waals surface area contributed by atoms with Gasteiger partial charge in [-0.1, -0.05) is 0 Å². The lowest BCUT2D eigenvalue weighted by Crippen LogP contribution is -2.52. The van der Waals surface area contributed by atoms with Crippen LogP contribution in [0.3, 0.4) is 0 Å². The van der Waals surface area contributed by atoms with E-state index in [1.54, 1.807) is 0 Å². The predicted octanol–water partition coefficient (Wildman–Crippen LogP) is 0.449. The number of hydrogen-bond donors (Lipinski definition) is 2. The Morgan fingerprint density at radius 3 is 2.84 bits per heavy atom. The molecule has 2 N–H and O–H groups in total. The maximum atomic E-state index is 11.3. The molecule has 3 rings (SSSR count). The molecule has 0 bridgehead atoms. The van der Waals surface area contributed by atoms with Crippen molar-refractivity contribution in [3.63, 3.8) is 0 Å². The molecular weight excluding hydrogens is 242 g/mol. The van der Waals surface area contributed by atoms with Gasteiger partial charge in [0, 0.05) is 31.5 Å². The molecular formula is C13H21N5O. The summed E-state index contributed by atoms with van der Waals surface area (Å²) in [5, 5.41) is 15.0. The third kappa shape index (κ3) is 2.63. The fourth-order valence-electron chi connectivity index (χ4n) is 2.69. The van der Waals surface area contributed by atoms with Gasteiger partial charge in [0.15, 0.2) is 0 Å². The van der Waals surface area contributed by atoms with Crippen LogP contribution in [0, 0.1) is 0 Å². The van der Waals surface area contributed by atoms with Gasteiger partial charge in [0.2, 0.25) is 5.91 Å². The fourth-order valence-corrected chi connectivity index (χ4v) is 2.69. The number of aromatic nitrogens is 3. The van der Waals surface area contributed by atoms with Crippen LogP contribution in [0.2, 0.25) is 0 Å². The Hall–Kier alpha value is -1.43. The summed E-state index contributed by atoms with van der Waals surface area (Å²) in [6.07, 6.45) is 3.98. The first-order valence-electron chi connectivity index (χ1n) is 7.06. The smallest absolute Gasteiger partial charge is 0.220 e. The highest BCUT2D eigenvalue weighted by atomic mass is 16.1. The number of nitrogens with one attached hydrogen (secondary N) is 2. The molecule has 2 atom stereocenters. The second-order valence-corrected chi connectivity index (χ2v) is 5.69. The van der Waals surface area contributed by atoms with E-state index < -0.39 is 0 Å². The van der Waals surface area contributed by atoms with E-state index in [4.69, 9.17) is 0 Å². The zero-order valence-corrected chi connectivity index (χ0v) is 11.5. The second kappa shape index (κ2) is 4.92. The molecule has 0 spiro atoms. The molecule has 6 heteroatoms. The lowest BCUT2D eigenvalue weighted by atomic mass is 9.99. The molecule has 1 aliphatic heterocycles. The van der Waals surface area contributed by atoms with Crippen molar-refractivity contribution >= 4 is 5.91 Å². The van der Waals surface area contributed by atoms with Crippen LogP contribution in [0.25, 0.3) is 0 Å². The van der Waals surface area contributed by atoms with Gasteiger partial charge in [-0.2, -0.15) is 0 Å². The van der Waals surface area contributed by atoms with Crippen molar-refractivity contribution in [1.82, 2.24) is 25.4 Å². The summed E-state index contributed by atoms with van der Waals surface area (Å²) in [5.41, 5.74) is 0.